The maximum absolute atomic E-state index is 13.1. The topological polar surface area (TPSA) is 123 Å². The van der Waals surface area contributed by atoms with Crippen LogP contribution < -0.4 is 10.5 Å². The van der Waals surface area contributed by atoms with Crippen LogP contribution in [0.1, 0.15) is 24.2 Å². The second-order valence-electron chi connectivity index (χ2n) is 5.22. The van der Waals surface area contributed by atoms with E-state index in [1.165, 1.54) is 12.1 Å². The maximum Gasteiger partial charge on any atom is 0.214 e. The molecule has 128 valence electrons. The molecule has 0 spiro atoms. The van der Waals surface area contributed by atoms with E-state index in [0.29, 0.717) is 18.5 Å². The number of nitrogens with two attached hydrogens (primary N) is 1. The van der Waals surface area contributed by atoms with Crippen molar-refractivity contribution in [3.63, 3.8) is 0 Å². The minimum absolute atomic E-state index is 0.0560. The summed E-state index contributed by atoms with van der Waals surface area (Å²) in [4.78, 5) is 4.06. The summed E-state index contributed by atoms with van der Waals surface area (Å²) in [6.45, 7) is -0.113. The number of nitrogens with zero attached hydrogens (tertiary/aromatic N) is 3. The molecule has 1 aliphatic rings. The van der Waals surface area contributed by atoms with Crippen molar-refractivity contribution in [1.29, 1.82) is 0 Å². The molecule has 1 aromatic heterocycles. The highest BCUT2D eigenvalue weighted by atomic mass is 35.5. The summed E-state index contributed by atoms with van der Waals surface area (Å²) in [6.07, 6.45) is 1.29. The zero-order valence-corrected chi connectivity index (χ0v) is 13.8. The van der Waals surface area contributed by atoms with Crippen molar-refractivity contribution in [1.82, 2.24) is 15.0 Å². The molecule has 1 fully saturated rings. The molecule has 8 nitrogen and oxygen atoms in total. The molecular weight excluding hydrogens is 361 g/mol. The van der Waals surface area contributed by atoms with Crippen LogP contribution in [0.15, 0.2) is 27.8 Å². The maximum atomic E-state index is 13.1. The molecule has 0 amide bonds. The summed E-state index contributed by atoms with van der Waals surface area (Å²) in [7, 11) is -3.37. The summed E-state index contributed by atoms with van der Waals surface area (Å²) in [5, 5.41) is 6.81. The molecule has 1 aliphatic carbocycles. The summed E-state index contributed by atoms with van der Waals surface area (Å²) >= 11 is 5.68. The lowest BCUT2D eigenvalue weighted by molar-refractivity contribution is 0.302. The smallest absolute Gasteiger partial charge is 0.214 e. The second-order valence-corrected chi connectivity index (χ2v) is 7.67. The van der Waals surface area contributed by atoms with Crippen molar-refractivity contribution in [3.8, 4) is 0 Å². The molecule has 3 rings (SSSR count). The first-order valence-corrected chi connectivity index (χ1v) is 8.89. The molecule has 0 unspecified atom stereocenters. The van der Waals surface area contributed by atoms with Crippen LogP contribution in [0.25, 0.3) is 0 Å². The summed E-state index contributed by atoms with van der Waals surface area (Å²) < 4.78 is 43.8. The van der Waals surface area contributed by atoms with Crippen LogP contribution in [0.4, 0.5) is 10.1 Å². The lowest BCUT2D eigenvalue weighted by atomic mass is 10.3. The van der Waals surface area contributed by atoms with Crippen LogP contribution in [0.5, 0.6) is 0 Å². The van der Waals surface area contributed by atoms with E-state index in [1.807, 2.05) is 0 Å². The van der Waals surface area contributed by atoms with E-state index in [9.17, 15) is 12.8 Å². The van der Waals surface area contributed by atoms with E-state index < -0.39 is 15.8 Å². The number of aliphatic imine (C=N–C) groups is 1. The Balaban J connectivity index is 1.78. The largest absolute Gasteiger partial charge is 0.382 e. The van der Waals surface area contributed by atoms with Gasteiger partial charge in [-0.05, 0) is 36.2 Å². The van der Waals surface area contributed by atoms with Crippen molar-refractivity contribution in [3.05, 3.63) is 40.4 Å². The van der Waals surface area contributed by atoms with Gasteiger partial charge in [0.15, 0.2) is 11.5 Å². The first-order valence-electron chi connectivity index (χ1n) is 6.96. The average molecular weight is 374 g/mol. The Hall–Kier alpha value is -2.04. The highest BCUT2D eigenvalue weighted by molar-refractivity contribution is 7.90. The molecule has 1 heterocycles. The van der Waals surface area contributed by atoms with Crippen LogP contribution in [-0.2, 0) is 16.6 Å². The van der Waals surface area contributed by atoms with Crippen LogP contribution >= 0.6 is 11.6 Å². The van der Waals surface area contributed by atoms with Gasteiger partial charge >= 0.3 is 0 Å². The minimum atomic E-state index is -3.37. The summed E-state index contributed by atoms with van der Waals surface area (Å²) in [5.41, 5.74) is 6.46. The molecular formula is C13H13ClFN5O3S. The molecule has 2 aromatic rings. The Morgan fingerprint density at radius 1 is 1.46 bits per heavy atom. The van der Waals surface area contributed by atoms with Gasteiger partial charge in [-0.25, -0.2) is 27.2 Å². The van der Waals surface area contributed by atoms with E-state index in [0.717, 1.165) is 6.07 Å². The van der Waals surface area contributed by atoms with Crippen LogP contribution in [0, 0.1) is 5.82 Å². The fraction of sp³-hybridized carbons (Fsp3) is 0.308. The van der Waals surface area contributed by atoms with Crippen LogP contribution in [-0.4, -0.2) is 29.8 Å². The molecule has 0 atom stereocenters. The van der Waals surface area contributed by atoms with Crippen molar-refractivity contribution in [2.45, 2.75) is 24.6 Å². The number of hydrogen-bond acceptors (Lipinski definition) is 6. The van der Waals surface area contributed by atoms with Crippen LogP contribution in [0.2, 0.25) is 5.02 Å². The highest BCUT2D eigenvalue weighted by Gasteiger charge is 2.35. The number of aromatic nitrogens is 2. The SMILES string of the molecule is NC(=Nc1ccc(F)c(Cl)c1)c1nonc1CNS(=O)(=O)C1CC1. The monoisotopic (exact) mass is 373 g/mol. The molecule has 11 heteroatoms. The molecule has 0 aliphatic heterocycles. The van der Waals surface area contributed by atoms with Gasteiger partial charge in [-0.2, -0.15) is 0 Å². The van der Waals surface area contributed by atoms with E-state index in [2.05, 4.69) is 24.7 Å². The molecule has 0 radical (unpaired) electrons. The first kappa shape index (κ1) is 16.8. The normalized spacial score (nSPS) is 15.7. The Kier molecular flexibility index (Phi) is 4.52. The van der Waals surface area contributed by atoms with Gasteiger partial charge in [-0.3, -0.25) is 0 Å². The van der Waals surface area contributed by atoms with Gasteiger partial charge in [0.2, 0.25) is 10.0 Å². The Morgan fingerprint density at radius 2 is 2.21 bits per heavy atom. The fourth-order valence-electron chi connectivity index (χ4n) is 1.93. The third kappa shape index (κ3) is 3.71. The number of halogens is 2. The molecule has 3 N–H and O–H groups in total. The zero-order valence-electron chi connectivity index (χ0n) is 12.2. The van der Waals surface area contributed by atoms with Gasteiger partial charge in [-0.15, -0.1) is 0 Å². The number of amidine groups is 1. The number of rotatable bonds is 6. The fourth-order valence-corrected chi connectivity index (χ4v) is 3.43. The second kappa shape index (κ2) is 6.46. The van der Waals surface area contributed by atoms with Crippen molar-refractivity contribution in [2.75, 3.05) is 0 Å². The third-order valence-corrected chi connectivity index (χ3v) is 5.54. The van der Waals surface area contributed by atoms with Gasteiger partial charge in [0.1, 0.15) is 11.5 Å². The van der Waals surface area contributed by atoms with Gasteiger partial charge in [0, 0.05) is 0 Å². The van der Waals surface area contributed by atoms with E-state index >= 15 is 0 Å². The van der Waals surface area contributed by atoms with Crippen molar-refractivity contribution < 1.29 is 17.4 Å². The average Bonchev–Trinajstić information content (AvgIpc) is 3.29. The zero-order chi connectivity index (χ0) is 17.3. The Bertz CT molecular complexity index is 895. The number of nitrogens with one attached hydrogen (secondary N) is 1. The predicted octanol–water partition coefficient (Wildman–Crippen LogP) is 1.48. The third-order valence-electron chi connectivity index (χ3n) is 3.36. The molecule has 0 saturated heterocycles. The number of hydrogen-bond donors (Lipinski definition) is 2. The number of benzene rings is 1. The molecule has 0 bridgehead atoms. The van der Waals surface area contributed by atoms with Crippen LogP contribution in [0.3, 0.4) is 0 Å². The van der Waals surface area contributed by atoms with Crippen molar-refractivity contribution in [2.24, 2.45) is 10.7 Å². The molecule has 1 saturated carbocycles. The van der Waals surface area contributed by atoms with E-state index in [4.69, 9.17) is 17.3 Å². The quantitative estimate of drug-likeness (QED) is 0.584. The van der Waals surface area contributed by atoms with Gasteiger partial charge in [0.05, 0.1) is 22.5 Å². The summed E-state index contributed by atoms with van der Waals surface area (Å²) in [5.74, 6) is -0.632. The standard InChI is InChI=1S/C13H13ClFN5O3S/c14-9-5-7(1-4-10(9)15)18-13(16)12-11(19-23-20-12)6-17-24(21,22)8-2-3-8/h1,4-5,8,17H,2-3,6H2,(H2,16,18). The minimum Gasteiger partial charge on any atom is -0.382 e. The summed E-state index contributed by atoms with van der Waals surface area (Å²) in [6, 6.07) is 3.84. The van der Waals surface area contributed by atoms with Crippen molar-refractivity contribution >= 4 is 33.1 Å². The molecule has 24 heavy (non-hydrogen) atoms. The number of sulfonamides is 1. The van der Waals surface area contributed by atoms with Gasteiger partial charge < -0.3 is 5.73 Å². The Labute approximate surface area is 141 Å². The van der Waals surface area contributed by atoms with Gasteiger partial charge in [-0.1, -0.05) is 16.8 Å². The lowest BCUT2D eigenvalue weighted by Crippen LogP contribution is -2.28. The lowest BCUT2D eigenvalue weighted by Gasteiger charge is -2.04. The first-order chi connectivity index (χ1) is 11.4. The van der Waals surface area contributed by atoms with E-state index in [-0.39, 0.29) is 34.0 Å². The predicted molar refractivity (Wildman–Crippen MR) is 84.9 cm³/mol. The van der Waals surface area contributed by atoms with Gasteiger partial charge in [0.25, 0.3) is 0 Å². The van der Waals surface area contributed by atoms with E-state index in [1.54, 1.807) is 0 Å². The molecule has 1 aromatic carbocycles. The Morgan fingerprint density at radius 3 is 2.88 bits per heavy atom. The highest BCUT2D eigenvalue weighted by Crippen LogP contribution is 2.27.